The fourth-order valence-electron chi connectivity index (χ4n) is 1.14. The molecule has 0 fully saturated rings. The van der Waals surface area contributed by atoms with Crippen molar-refractivity contribution in [2.75, 3.05) is 0 Å². The van der Waals surface area contributed by atoms with Crippen LogP contribution in [0.3, 0.4) is 0 Å². The standard InChI is InChI=1S/C11H6Cl2N2O2S/c12-7-1-2-9(14-5-7)18-10-8(13)3-6(4-15-10)11(16)17/h1-5H,(H,16,17). The van der Waals surface area contributed by atoms with Crippen LogP contribution in [0.5, 0.6) is 0 Å². The van der Waals surface area contributed by atoms with Gasteiger partial charge in [-0.2, -0.15) is 0 Å². The third kappa shape index (κ3) is 3.13. The lowest BCUT2D eigenvalue weighted by Gasteiger charge is -2.03. The zero-order valence-corrected chi connectivity index (χ0v) is 11.1. The molecule has 0 aliphatic heterocycles. The molecule has 0 bridgehead atoms. The van der Waals surface area contributed by atoms with E-state index in [1.807, 2.05) is 0 Å². The molecule has 0 aromatic carbocycles. The van der Waals surface area contributed by atoms with Crippen molar-refractivity contribution in [1.82, 2.24) is 9.97 Å². The summed E-state index contributed by atoms with van der Waals surface area (Å²) >= 11 is 12.9. The average Bonchev–Trinajstić information content (AvgIpc) is 2.34. The van der Waals surface area contributed by atoms with Gasteiger partial charge < -0.3 is 5.11 Å². The first-order valence-corrected chi connectivity index (χ1v) is 6.32. The largest absolute Gasteiger partial charge is 0.478 e. The molecular weight excluding hydrogens is 295 g/mol. The number of hydrogen-bond donors (Lipinski definition) is 1. The van der Waals surface area contributed by atoms with E-state index in [2.05, 4.69) is 9.97 Å². The molecule has 92 valence electrons. The lowest BCUT2D eigenvalue weighted by molar-refractivity contribution is 0.0696. The van der Waals surface area contributed by atoms with Gasteiger partial charge in [0.1, 0.15) is 10.1 Å². The van der Waals surface area contributed by atoms with Gasteiger partial charge in [-0.15, -0.1) is 0 Å². The predicted octanol–water partition coefficient (Wildman–Crippen LogP) is 3.63. The summed E-state index contributed by atoms with van der Waals surface area (Å²) in [4.78, 5) is 18.8. The van der Waals surface area contributed by atoms with Gasteiger partial charge in [0.15, 0.2) is 0 Å². The zero-order valence-electron chi connectivity index (χ0n) is 8.80. The molecule has 4 nitrogen and oxygen atoms in total. The number of aromatic nitrogens is 2. The fraction of sp³-hybridized carbons (Fsp3) is 0. The Morgan fingerprint density at radius 3 is 2.56 bits per heavy atom. The van der Waals surface area contributed by atoms with E-state index in [1.165, 1.54) is 30.2 Å². The van der Waals surface area contributed by atoms with Crippen molar-refractivity contribution in [3.8, 4) is 0 Å². The maximum absolute atomic E-state index is 10.7. The summed E-state index contributed by atoms with van der Waals surface area (Å²) < 4.78 is 0. The monoisotopic (exact) mass is 300 g/mol. The number of aromatic carboxylic acids is 1. The van der Waals surface area contributed by atoms with Crippen LogP contribution < -0.4 is 0 Å². The molecule has 7 heteroatoms. The summed E-state index contributed by atoms with van der Waals surface area (Å²) in [6.07, 6.45) is 2.77. The zero-order chi connectivity index (χ0) is 13.1. The van der Waals surface area contributed by atoms with Crippen LogP contribution in [0, 0.1) is 0 Å². The number of carboxylic acid groups (broad SMARTS) is 1. The molecule has 2 aromatic rings. The van der Waals surface area contributed by atoms with E-state index >= 15 is 0 Å². The van der Waals surface area contributed by atoms with Crippen LogP contribution in [0.1, 0.15) is 10.4 Å². The number of pyridine rings is 2. The minimum Gasteiger partial charge on any atom is -0.478 e. The minimum absolute atomic E-state index is 0.0495. The van der Waals surface area contributed by atoms with E-state index in [4.69, 9.17) is 28.3 Å². The molecule has 2 aromatic heterocycles. The van der Waals surface area contributed by atoms with Gasteiger partial charge in [0, 0.05) is 12.4 Å². The molecule has 0 aliphatic rings. The molecule has 0 saturated heterocycles. The summed E-state index contributed by atoms with van der Waals surface area (Å²) in [5, 5.41) is 10.8. The molecule has 0 spiro atoms. The molecule has 0 unspecified atom stereocenters. The van der Waals surface area contributed by atoms with Crippen molar-refractivity contribution in [1.29, 1.82) is 0 Å². The Labute approximate surface area is 117 Å². The minimum atomic E-state index is -1.06. The maximum Gasteiger partial charge on any atom is 0.337 e. The lowest BCUT2D eigenvalue weighted by atomic mass is 10.3. The normalized spacial score (nSPS) is 10.3. The van der Waals surface area contributed by atoms with Gasteiger partial charge >= 0.3 is 5.97 Å². The van der Waals surface area contributed by atoms with Crippen LogP contribution in [-0.2, 0) is 0 Å². The second-order valence-corrected chi connectivity index (χ2v) is 5.09. The highest BCUT2D eigenvalue weighted by Crippen LogP contribution is 2.31. The van der Waals surface area contributed by atoms with Crippen molar-refractivity contribution in [2.24, 2.45) is 0 Å². The first kappa shape index (κ1) is 13.1. The van der Waals surface area contributed by atoms with Crippen LogP contribution in [0.25, 0.3) is 0 Å². The molecule has 2 rings (SSSR count). The molecule has 18 heavy (non-hydrogen) atoms. The second-order valence-electron chi connectivity index (χ2n) is 3.23. The molecular formula is C11H6Cl2N2O2S. The maximum atomic E-state index is 10.7. The van der Waals surface area contributed by atoms with E-state index < -0.39 is 5.97 Å². The van der Waals surface area contributed by atoms with E-state index in [1.54, 1.807) is 12.1 Å². The van der Waals surface area contributed by atoms with E-state index in [9.17, 15) is 4.79 Å². The third-order valence-corrected chi connectivity index (χ3v) is 3.55. The van der Waals surface area contributed by atoms with Crippen molar-refractivity contribution >= 4 is 40.9 Å². The van der Waals surface area contributed by atoms with Gasteiger partial charge in [-0.3, -0.25) is 0 Å². The van der Waals surface area contributed by atoms with Crippen LogP contribution in [-0.4, -0.2) is 21.0 Å². The van der Waals surface area contributed by atoms with Gasteiger partial charge in [-0.1, -0.05) is 23.2 Å². The van der Waals surface area contributed by atoms with Crippen molar-refractivity contribution < 1.29 is 9.90 Å². The third-order valence-electron chi connectivity index (χ3n) is 1.96. The van der Waals surface area contributed by atoms with Crippen LogP contribution in [0.2, 0.25) is 10.0 Å². The number of nitrogens with zero attached hydrogens (tertiary/aromatic N) is 2. The average molecular weight is 301 g/mol. The van der Waals surface area contributed by atoms with E-state index in [0.717, 1.165) is 0 Å². The van der Waals surface area contributed by atoms with Gasteiger partial charge in [-0.25, -0.2) is 14.8 Å². The second kappa shape index (κ2) is 5.56. The summed E-state index contributed by atoms with van der Waals surface area (Å²) in [6, 6.07) is 4.79. The quantitative estimate of drug-likeness (QED) is 0.937. The van der Waals surface area contributed by atoms with Gasteiger partial charge in [0.05, 0.1) is 15.6 Å². The number of halogens is 2. The molecule has 0 amide bonds. The first-order valence-electron chi connectivity index (χ1n) is 4.74. The van der Waals surface area contributed by atoms with Crippen molar-refractivity contribution in [2.45, 2.75) is 10.1 Å². The Hall–Kier alpha value is -1.30. The van der Waals surface area contributed by atoms with Crippen LogP contribution in [0.15, 0.2) is 40.6 Å². The smallest absolute Gasteiger partial charge is 0.337 e. The predicted molar refractivity (Wildman–Crippen MR) is 69.6 cm³/mol. The molecule has 2 heterocycles. The van der Waals surface area contributed by atoms with Crippen LogP contribution >= 0.6 is 35.0 Å². The summed E-state index contributed by atoms with van der Waals surface area (Å²) in [5.74, 6) is -1.06. The Kier molecular flexibility index (Phi) is 4.06. The summed E-state index contributed by atoms with van der Waals surface area (Å²) in [7, 11) is 0. The number of carbonyl (C=O) groups is 1. The molecule has 0 atom stereocenters. The molecule has 0 saturated carbocycles. The highest BCUT2D eigenvalue weighted by atomic mass is 35.5. The number of hydrogen-bond acceptors (Lipinski definition) is 4. The Morgan fingerprint density at radius 1 is 1.22 bits per heavy atom. The highest BCUT2D eigenvalue weighted by molar-refractivity contribution is 7.99. The Morgan fingerprint density at radius 2 is 2.00 bits per heavy atom. The topological polar surface area (TPSA) is 63.1 Å². The molecule has 0 aliphatic carbocycles. The number of carboxylic acids is 1. The fourth-order valence-corrected chi connectivity index (χ4v) is 2.23. The van der Waals surface area contributed by atoms with Crippen molar-refractivity contribution in [3.05, 3.63) is 46.2 Å². The number of rotatable bonds is 3. The molecule has 1 N–H and O–H groups in total. The summed E-state index contributed by atoms with van der Waals surface area (Å²) in [6.45, 7) is 0. The van der Waals surface area contributed by atoms with Gasteiger partial charge in [0.2, 0.25) is 0 Å². The van der Waals surface area contributed by atoms with Gasteiger partial charge in [0.25, 0.3) is 0 Å². The Bertz CT molecular complexity index is 590. The SMILES string of the molecule is O=C(O)c1cnc(Sc2ccc(Cl)cn2)c(Cl)c1. The van der Waals surface area contributed by atoms with Crippen molar-refractivity contribution in [3.63, 3.8) is 0 Å². The summed E-state index contributed by atoms with van der Waals surface area (Å²) in [5.41, 5.74) is 0.0495. The lowest BCUT2D eigenvalue weighted by Crippen LogP contribution is -1.97. The van der Waals surface area contributed by atoms with Crippen LogP contribution in [0.4, 0.5) is 0 Å². The Balaban J connectivity index is 2.24. The van der Waals surface area contributed by atoms with E-state index in [-0.39, 0.29) is 10.6 Å². The first-order chi connectivity index (χ1) is 8.56. The van der Waals surface area contributed by atoms with E-state index in [0.29, 0.717) is 15.1 Å². The van der Waals surface area contributed by atoms with Gasteiger partial charge in [-0.05, 0) is 30.0 Å². The highest BCUT2D eigenvalue weighted by Gasteiger charge is 2.10. The molecule has 0 radical (unpaired) electrons.